The van der Waals surface area contributed by atoms with Gasteiger partial charge in [0.15, 0.2) is 0 Å². The van der Waals surface area contributed by atoms with Gasteiger partial charge in [0.1, 0.15) is 0 Å². The SMILES string of the molecule is C=C/C=C\C(=NC)c1ccc(N(c2ccc(C)cc2)c2ccc(/C(C=NC)=C/C=C)cc2)cc1. The molecule has 3 heteroatoms. The van der Waals surface area contributed by atoms with Gasteiger partial charge in [-0.15, -0.1) is 0 Å². The molecule has 0 unspecified atom stereocenters. The van der Waals surface area contributed by atoms with E-state index in [-0.39, 0.29) is 0 Å². The number of aliphatic imine (C=N–C) groups is 2. The molecule has 0 aliphatic heterocycles. The van der Waals surface area contributed by atoms with Crippen molar-refractivity contribution in [1.29, 1.82) is 0 Å². The number of hydrogen-bond donors (Lipinski definition) is 0. The van der Waals surface area contributed by atoms with Crippen LogP contribution in [-0.4, -0.2) is 26.0 Å². The number of aryl methyl sites for hydroxylation is 1. The Morgan fingerprint density at radius 3 is 1.74 bits per heavy atom. The van der Waals surface area contributed by atoms with Gasteiger partial charge in [0, 0.05) is 37.4 Å². The highest BCUT2D eigenvalue weighted by molar-refractivity contribution is 6.10. The topological polar surface area (TPSA) is 28.0 Å². The summed E-state index contributed by atoms with van der Waals surface area (Å²) in [4.78, 5) is 10.8. The highest BCUT2D eigenvalue weighted by Crippen LogP contribution is 2.35. The molecule has 0 heterocycles. The summed E-state index contributed by atoms with van der Waals surface area (Å²) in [5, 5.41) is 0. The number of rotatable bonds is 9. The van der Waals surface area contributed by atoms with Crippen LogP contribution >= 0.6 is 0 Å². The number of allylic oxidation sites excluding steroid dienone is 6. The van der Waals surface area contributed by atoms with E-state index < -0.39 is 0 Å². The van der Waals surface area contributed by atoms with Crippen molar-refractivity contribution in [3.63, 3.8) is 0 Å². The third-order valence-electron chi connectivity index (χ3n) is 5.37. The van der Waals surface area contributed by atoms with Gasteiger partial charge in [-0.25, -0.2) is 0 Å². The van der Waals surface area contributed by atoms with Crippen molar-refractivity contribution in [2.75, 3.05) is 19.0 Å². The molecule has 0 N–H and O–H groups in total. The molecule has 0 spiro atoms. The Morgan fingerprint density at radius 2 is 1.26 bits per heavy atom. The van der Waals surface area contributed by atoms with Crippen LogP contribution < -0.4 is 4.90 Å². The maximum absolute atomic E-state index is 4.40. The Bertz CT molecular complexity index is 1220. The smallest absolute Gasteiger partial charge is 0.0643 e. The minimum Gasteiger partial charge on any atom is -0.311 e. The van der Waals surface area contributed by atoms with Crippen molar-refractivity contribution in [3.05, 3.63) is 133 Å². The molecule has 0 aliphatic rings. The predicted octanol–water partition coefficient (Wildman–Crippen LogP) is 7.90. The maximum atomic E-state index is 4.40. The summed E-state index contributed by atoms with van der Waals surface area (Å²) in [5.74, 6) is 0. The van der Waals surface area contributed by atoms with Gasteiger partial charge in [-0.2, -0.15) is 0 Å². The fourth-order valence-corrected chi connectivity index (χ4v) is 3.66. The van der Waals surface area contributed by atoms with Crippen molar-refractivity contribution < 1.29 is 0 Å². The lowest BCUT2D eigenvalue weighted by Gasteiger charge is -2.26. The van der Waals surface area contributed by atoms with Crippen LogP contribution in [0.1, 0.15) is 16.7 Å². The van der Waals surface area contributed by atoms with E-state index in [2.05, 4.69) is 108 Å². The van der Waals surface area contributed by atoms with Gasteiger partial charge in [0.2, 0.25) is 0 Å². The van der Waals surface area contributed by atoms with E-state index in [4.69, 9.17) is 0 Å². The summed E-state index contributed by atoms with van der Waals surface area (Å²) in [6.07, 6.45) is 11.2. The Balaban J connectivity index is 2.04. The molecule has 0 saturated heterocycles. The average molecular weight is 446 g/mol. The molecule has 34 heavy (non-hydrogen) atoms. The zero-order chi connectivity index (χ0) is 24.3. The zero-order valence-electron chi connectivity index (χ0n) is 20.1. The Morgan fingerprint density at radius 1 is 0.735 bits per heavy atom. The van der Waals surface area contributed by atoms with Crippen LogP contribution in [-0.2, 0) is 0 Å². The molecule has 3 aromatic carbocycles. The molecule has 3 nitrogen and oxygen atoms in total. The molecule has 0 radical (unpaired) electrons. The first-order chi connectivity index (χ1) is 16.6. The normalized spacial score (nSPS) is 12.3. The van der Waals surface area contributed by atoms with Crippen molar-refractivity contribution in [2.24, 2.45) is 9.98 Å². The molecule has 0 bridgehead atoms. The lowest BCUT2D eigenvalue weighted by molar-refractivity contribution is 1.27. The molecular formula is C31H31N3. The molecule has 0 aromatic heterocycles. The van der Waals surface area contributed by atoms with Crippen LogP contribution in [0.2, 0.25) is 0 Å². The quantitative estimate of drug-likeness (QED) is 0.243. The van der Waals surface area contributed by atoms with Gasteiger partial charge in [0.25, 0.3) is 0 Å². The monoisotopic (exact) mass is 445 g/mol. The summed E-state index contributed by atoms with van der Waals surface area (Å²) in [6, 6.07) is 25.5. The van der Waals surface area contributed by atoms with Crippen LogP contribution in [0, 0.1) is 6.92 Å². The van der Waals surface area contributed by atoms with Crippen LogP contribution in [0.15, 0.2) is 126 Å². The Kier molecular flexibility index (Phi) is 8.70. The lowest BCUT2D eigenvalue weighted by Crippen LogP contribution is -2.10. The van der Waals surface area contributed by atoms with Crippen molar-refractivity contribution >= 4 is 34.6 Å². The van der Waals surface area contributed by atoms with Crippen molar-refractivity contribution in [1.82, 2.24) is 0 Å². The summed E-state index contributed by atoms with van der Waals surface area (Å²) in [5.41, 5.74) is 8.55. The van der Waals surface area contributed by atoms with Gasteiger partial charge >= 0.3 is 0 Å². The van der Waals surface area contributed by atoms with E-state index in [1.807, 2.05) is 24.4 Å². The largest absolute Gasteiger partial charge is 0.311 e. The van der Waals surface area contributed by atoms with E-state index >= 15 is 0 Å². The van der Waals surface area contributed by atoms with Gasteiger partial charge in [-0.05, 0) is 66.1 Å². The summed E-state index contributed by atoms with van der Waals surface area (Å²) < 4.78 is 0. The molecule has 3 rings (SSSR count). The first-order valence-corrected chi connectivity index (χ1v) is 11.2. The molecular weight excluding hydrogens is 414 g/mol. The maximum Gasteiger partial charge on any atom is 0.0643 e. The second kappa shape index (κ2) is 12.1. The minimum absolute atomic E-state index is 0.914. The third kappa shape index (κ3) is 5.96. The predicted molar refractivity (Wildman–Crippen MR) is 150 cm³/mol. The van der Waals surface area contributed by atoms with E-state index in [0.717, 1.165) is 39.5 Å². The molecule has 0 amide bonds. The van der Waals surface area contributed by atoms with Gasteiger partial charge < -0.3 is 4.90 Å². The van der Waals surface area contributed by atoms with Crippen LogP contribution in [0.4, 0.5) is 17.1 Å². The standard InChI is InChI=1S/C31H31N3/c1-6-8-10-31(33-5)26-15-21-30(22-16-26)34(28-17-11-24(3)12-18-28)29-19-13-25(14-20-29)27(9-7-2)23-32-4/h6-23H,1-2H2,3-5H3/b10-8-,27-9+,32-23?,33-31?. The van der Waals surface area contributed by atoms with Crippen molar-refractivity contribution in [3.8, 4) is 0 Å². The first kappa shape index (κ1) is 24.4. The molecule has 0 atom stereocenters. The van der Waals surface area contributed by atoms with Gasteiger partial charge in [0.05, 0.1) is 5.71 Å². The summed E-state index contributed by atoms with van der Waals surface area (Å²) in [7, 11) is 3.57. The minimum atomic E-state index is 0.914. The van der Waals surface area contributed by atoms with Crippen molar-refractivity contribution in [2.45, 2.75) is 6.92 Å². The van der Waals surface area contributed by atoms with E-state index in [1.54, 1.807) is 26.2 Å². The fourth-order valence-electron chi connectivity index (χ4n) is 3.66. The second-order valence-corrected chi connectivity index (χ2v) is 7.71. The summed E-state index contributed by atoms with van der Waals surface area (Å²) >= 11 is 0. The molecule has 3 aromatic rings. The molecule has 0 aliphatic carbocycles. The third-order valence-corrected chi connectivity index (χ3v) is 5.37. The second-order valence-electron chi connectivity index (χ2n) is 7.71. The van der Waals surface area contributed by atoms with Gasteiger partial charge in [-0.3, -0.25) is 9.98 Å². The Hall–Kier alpha value is -4.24. The highest BCUT2D eigenvalue weighted by Gasteiger charge is 2.13. The molecule has 170 valence electrons. The highest BCUT2D eigenvalue weighted by atomic mass is 15.1. The van der Waals surface area contributed by atoms with Crippen LogP contribution in [0.25, 0.3) is 5.57 Å². The molecule has 0 saturated carbocycles. The molecule has 0 fully saturated rings. The summed E-state index contributed by atoms with van der Waals surface area (Å²) in [6.45, 7) is 9.66. The average Bonchev–Trinajstić information content (AvgIpc) is 2.87. The first-order valence-electron chi connectivity index (χ1n) is 11.2. The van der Waals surface area contributed by atoms with Gasteiger partial charge in [-0.1, -0.05) is 79.4 Å². The van der Waals surface area contributed by atoms with Crippen LogP contribution in [0.3, 0.4) is 0 Å². The lowest BCUT2D eigenvalue weighted by atomic mass is 10.0. The van der Waals surface area contributed by atoms with E-state index in [0.29, 0.717) is 0 Å². The number of anilines is 3. The number of hydrogen-bond acceptors (Lipinski definition) is 3. The zero-order valence-corrected chi connectivity index (χ0v) is 20.1. The van der Waals surface area contributed by atoms with Crippen LogP contribution in [0.5, 0.6) is 0 Å². The van der Waals surface area contributed by atoms with E-state index in [1.165, 1.54) is 5.56 Å². The fraction of sp³-hybridized carbons (Fsp3) is 0.0968. The number of benzene rings is 3. The number of nitrogens with zero attached hydrogens (tertiary/aromatic N) is 3. The van der Waals surface area contributed by atoms with E-state index in [9.17, 15) is 0 Å². The Labute approximate surface area is 203 Å².